The Hall–Kier alpha value is -2.86. The summed E-state index contributed by atoms with van der Waals surface area (Å²) in [4.78, 5) is 16.6. The van der Waals surface area contributed by atoms with Crippen molar-refractivity contribution in [2.24, 2.45) is 0 Å². The molecule has 3 rings (SSSR count). The Morgan fingerprint density at radius 3 is 2.74 bits per heavy atom. The number of benzene rings is 2. The molecule has 1 aromatic heterocycles. The minimum atomic E-state index is -0.408. The lowest BCUT2D eigenvalue weighted by atomic mass is 10.1. The summed E-state index contributed by atoms with van der Waals surface area (Å²) < 4.78 is 5.12. The van der Waals surface area contributed by atoms with Gasteiger partial charge in [-0.05, 0) is 31.2 Å². The third kappa shape index (κ3) is 3.17. The zero-order valence-electron chi connectivity index (χ0n) is 12.1. The second-order valence-corrected chi connectivity index (χ2v) is 5.24. The van der Waals surface area contributed by atoms with Gasteiger partial charge in [0.05, 0.1) is 16.8 Å². The van der Waals surface area contributed by atoms with Gasteiger partial charge in [0.15, 0.2) is 5.82 Å². The monoisotopic (exact) mass is 329 g/mol. The van der Waals surface area contributed by atoms with E-state index in [-0.39, 0.29) is 17.3 Å². The molecule has 6 nitrogen and oxygen atoms in total. The highest BCUT2D eigenvalue weighted by Gasteiger charge is 2.17. The first-order chi connectivity index (χ1) is 11.0. The second kappa shape index (κ2) is 6.10. The van der Waals surface area contributed by atoms with Crippen molar-refractivity contribution in [2.75, 3.05) is 5.32 Å². The largest absolute Gasteiger partial charge is 0.506 e. The topological polar surface area (TPSA) is 88.2 Å². The van der Waals surface area contributed by atoms with Crippen LogP contribution < -0.4 is 5.32 Å². The lowest BCUT2D eigenvalue weighted by molar-refractivity contribution is 0.102. The van der Waals surface area contributed by atoms with Crippen molar-refractivity contribution in [3.63, 3.8) is 0 Å². The maximum atomic E-state index is 12.5. The molecule has 0 aliphatic carbocycles. The molecular formula is C16H12ClN3O3. The van der Waals surface area contributed by atoms with E-state index in [1.54, 1.807) is 37.3 Å². The standard InChI is InChI=1S/C16H12ClN3O3/c1-9-18-16(23-20-9)12-5-3-2-4-11(12)15(22)19-13-7-6-10(17)8-14(13)21/h2-8,21H,1H3,(H,19,22). The second-order valence-electron chi connectivity index (χ2n) is 4.81. The Kier molecular flexibility index (Phi) is 3.99. The highest BCUT2D eigenvalue weighted by Crippen LogP contribution is 2.28. The molecule has 0 aliphatic rings. The molecule has 2 N–H and O–H groups in total. The van der Waals surface area contributed by atoms with Crippen molar-refractivity contribution < 1.29 is 14.4 Å². The Morgan fingerprint density at radius 1 is 1.26 bits per heavy atom. The number of hydrogen-bond acceptors (Lipinski definition) is 5. The Morgan fingerprint density at radius 2 is 2.04 bits per heavy atom. The summed E-state index contributed by atoms with van der Waals surface area (Å²) in [5.74, 6) is 0.213. The van der Waals surface area contributed by atoms with E-state index in [9.17, 15) is 9.90 Å². The molecule has 0 fully saturated rings. The van der Waals surface area contributed by atoms with Crippen LogP contribution in [0, 0.1) is 6.92 Å². The average Bonchev–Trinajstić information content (AvgIpc) is 2.96. The lowest BCUT2D eigenvalue weighted by Gasteiger charge is -2.09. The fourth-order valence-corrected chi connectivity index (χ4v) is 2.24. The summed E-state index contributed by atoms with van der Waals surface area (Å²) in [5.41, 5.74) is 1.13. The summed E-state index contributed by atoms with van der Waals surface area (Å²) >= 11 is 5.78. The average molecular weight is 330 g/mol. The van der Waals surface area contributed by atoms with Crippen LogP contribution in [0.5, 0.6) is 5.75 Å². The quantitative estimate of drug-likeness (QED) is 0.716. The number of anilines is 1. The van der Waals surface area contributed by atoms with Crippen LogP contribution in [0.15, 0.2) is 47.0 Å². The first-order valence-electron chi connectivity index (χ1n) is 6.74. The van der Waals surface area contributed by atoms with Gasteiger partial charge in [-0.2, -0.15) is 4.98 Å². The molecule has 0 spiro atoms. The molecule has 0 aliphatic heterocycles. The number of aromatic hydroxyl groups is 1. The van der Waals surface area contributed by atoms with Crippen LogP contribution in [-0.2, 0) is 0 Å². The molecular weight excluding hydrogens is 318 g/mol. The molecule has 0 saturated heterocycles. The molecule has 3 aromatic rings. The van der Waals surface area contributed by atoms with Crippen LogP contribution in [0.25, 0.3) is 11.5 Å². The van der Waals surface area contributed by atoms with E-state index in [1.165, 1.54) is 12.1 Å². The number of phenols is 1. The molecule has 23 heavy (non-hydrogen) atoms. The van der Waals surface area contributed by atoms with Crippen molar-refractivity contribution in [3.8, 4) is 17.2 Å². The van der Waals surface area contributed by atoms with E-state index < -0.39 is 5.91 Å². The van der Waals surface area contributed by atoms with Gasteiger partial charge < -0.3 is 14.9 Å². The number of hydrogen-bond donors (Lipinski definition) is 2. The van der Waals surface area contributed by atoms with Crippen LogP contribution in [0.3, 0.4) is 0 Å². The summed E-state index contributed by atoms with van der Waals surface area (Å²) in [6.07, 6.45) is 0. The van der Waals surface area contributed by atoms with Crippen LogP contribution in [0.2, 0.25) is 5.02 Å². The fourth-order valence-electron chi connectivity index (χ4n) is 2.07. The Balaban J connectivity index is 1.94. The molecule has 0 atom stereocenters. The van der Waals surface area contributed by atoms with Gasteiger partial charge in [0.1, 0.15) is 5.75 Å². The number of phenolic OH excluding ortho intramolecular Hbond substituents is 1. The number of carbonyl (C=O) groups is 1. The van der Waals surface area contributed by atoms with Gasteiger partial charge >= 0.3 is 0 Å². The normalized spacial score (nSPS) is 10.5. The minimum Gasteiger partial charge on any atom is -0.506 e. The van der Waals surface area contributed by atoms with Crippen molar-refractivity contribution in [1.82, 2.24) is 10.1 Å². The molecule has 0 saturated carbocycles. The van der Waals surface area contributed by atoms with Crippen LogP contribution in [0.4, 0.5) is 5.69 Å². The number of nitrogens with zero attached hydrogens (tertiary/aromatic N) is 2. The minimum absolute atomic E-state index is 0.114. The number of aromatic nitrogens is 2. The highest BCUT2D eigenvalue weighted by molar-refractivity contribution is 6.30. The smallest absolute Gasteiger partial charge is 0.258 e. The Bertz CT molecular complexity index is 877. The van der Waals surface area contributed by atoms with Gasteiger partial charge in [0.2, 0.25) is 0 Å². The lowest BCUT2D eigenvalue weighted by Crippen LogP contribution is -2.13. The van der Waals surface area contributed by atoms with E-state index in [0.29, 0.717) is 22.0 Å². The third-order valence-corrected chi connectivity index (χ3v) is 3.37. The molecule has 7 heteroatoms. The van der Waals surface area contributed by atoms with E-state index in [0.717, 1.165) is 0 Å². The predicted molar refractivity (Wildman–Crippen MR) is 85.5 cm³/mol. The molecule has 1 heterocycles. The van der Waals surface area contributed by atoms with Gasteiger partial charge in [0, 0.05) is 11.1 Å². The first-order valence-corrected chi connectivity index (χ1v) is 7.12. The number of nitrogens with one attached hydrogen (secondary N) is 1. The number of aryl methyl sites for hydroxylation is 1. The Labute approximate surface area is 136 Å². The summed E-state index contributed by atoms with van der Waals surface area (Å²) in [6, 6.07) is 11.3. The summed E-state index contributed by atoms with van der Waals surface area (Å²) in [7, 11) is 0. The number of carbonyl (C=O) groups excluding carboxylic acids is 1. The van der Waals surface area contributed by atoms with E-state index >= 15 is 0 Å². The number of halogens is 1. The van der Waals surface area contributed by atoms with Crippen LogP contribution >= 0.6 is 11.6 Å². The molecule has 1 amide bonds. The summed E-state index contributed by atoms with van der Waals surface area (Å²) in [6.45, 7) is 1.70. The molecule has 116 valence electrons. The fraction of sp³-hybridized carbons (Fsp3) is 0.0625. The molecule has 0 radical (unpaired) electrons. The maximum absolute atomic E-state index is 12.5. The van der Waals surface area contributed by atoms with E-state index in [1.807, 2.05) is 0 Å². The van der Waals surface area contributed by atoms with Gasteiger partial charge in [0.25, 0.3) is 11.8 Å². The molecule has 2 aromatic carbocycles. The first kappa shape index (κ1) is 15.1. The van der Waals surface area contributed by atoms with Gasteiger partial charge in [-0.15, -0.1) is 0 Å². The number of amides is 1. The van der Waals surface area contributed by atoms with E-state index in [4.69, 9.17) is 16.1 Å². The van der Waals surface area contributed by atoms with Crippen molar-refractivity contribution in [3.05, 3.63) is 58.9 Å². The van der Waals surface area contributed by atoms with E-state index in [2.05, 4.69) is 15.5 Å². The molecule has 0 bridgehead atoms. The predicted octanol–water partition coefficient (Wildman–Crippen LogP) is 3.66. The zero-order valence-corrected chi connectivity index (χ0v) is 12.8. The molecule has 0 unspecified atom stereocenters. The maximum Gasteiger partial charge on any atom is 0.258 e. The van der Waals surface area contributed by atoms with Crippen molar-refractivity contribution in [2.45, 2.75) is 6.92 Å². The summed E-state index contributed by atoms with van der Waals surface area (Å²) in [5, 5.41) is 16.6. The van der Waals surface area contributed by atoms with Crippen molar-refractivity contribution >= 4 is 23.2 Å². The van der Waals surface area contributed by atoms with Gasteiger partial charge in [-0.3, -0.25) is 4.79 Å². The van der Waals surface area contributed by atoms with Crippen molar-refractivity contribution in [1.29, 1.82) is 0 Å². The van der Waals surface area contributed by atoms with Gasteiger partial charge in [-0.25, -0.2) is 0 Å². The highest BCUT2D eigenvalue weighted by atomic mass is 35.5. The SMILES string of the molecule is Cc1noc(-c2ccccc2C(=O)Nc2ccc(Cl)cc2O)n1. The van der Waals surface area contributed by atoms with Gasteiger partial charge in [-0.1, -0.05) is 28.9 Å². The van der Waals surface area contributed by atoms with Crippen LogP contribution in [0.1, 0.15) is 16.2 Å². The number of rotatable bonds is 3. The van der Waals surface area contributed by atoms with Crippen LogP contribution in [-0.4, -0.2) is 21.2 Å². The third-order valence-electron chi connectivity index (χ3n) is 3.14. The zero-order chi connectivity index (χ0) is 16.4.